The highest BCUT2D eigenvalue weighted by Crippen LogP contribution is 2.33. The molecule has 116 valence electrons. The number of H-pyrrole nitrogens is 1. The standard InChI is InChI=1S/C16H18N2O3S/c1-6-8-11(7-2)10(4)18-14(19)12-9(3)15(21-5)22-13(12)17-16(18)20/h6-8,10H,1-2H2,3-5H3,(H,17,20)/b11-8+. The lowest BCUT2D eigenvalue weighted by Crippen LogP contribution is -2.37. The second kappa shape index (κ2) is 6.19. The Hall–Kier alpha value is -2.34. The van der Waals surface area contributed by atoms with Crippen molar-refractivity contribution in [1.29, 1.82) is 0 Å². The molecule has 5 nitrogen and oxygen atoms in total. The van der Waals surface area contributed by atoms with E-state index in [4.69, 9.17) is 4.74 Å². The first-order valence-corrected chi connectivity index (χ1v) is 7.54. The normalized spacial score (nSPS) is 13.1. The van der Waals surface area contributed by atoms with Crippen LogP contribution in [0.1, 0.15) is 18.5 Å². The smallest absolute Gasteiger partial charge is 0.330 e. The summed E-state index contributed by atoms with van der Waals surface area (Å²) >= 11 is 1.25. The Morgan fingerprint density at radius 2 is 2.09 bits per heavy atom. The van der Waals surface area contributed by atoms with Crippen molar-refractivity contribution in [1.82, 2.24) is 9.55 Å². The number of allylic oxidation sites excluding steroid dienone is 4. The van der Waals surface area contributed by atoms with Crippen molar-refractivity contribution < 1.29 is 4.74 Å². The van der Waals surface area contributed by atoms with Gasteiger partial charge in [0, 0.05) is 5.56 Å². The van der Waals surface area contributed by atoms with E-state index in [9.17, 15) is 9.59 Å². The molecule has 0 radical (unpaired) electrons. The number of rotatable bonds is 5. The van der Waals surface area contributed by atoms with Crippen molar-refractivity contribution in [2.24, 2.45) is 0 Å². The number of aryl methyl sites for hydroxylation is 1. The number of hydrogen-bond acceptors (Lipinski definition) is 4. The zero-order valence-corrected chi connectivity index (χ0v) is 13.6. The summed E-state index contributed by atoms with van der Waals surface area (Å²) in [7, 11) is 1.54. The van der Waals surface area contributed by atoms with E-state index in [1.54, 1.807) is 39.2 Å². The van der Waals surface area contributed by atoms with Crippen LogP contribution in [0, 0.1) is 6.92 Å². The summed E-state index contributed by atoms with van der Waals surface area (Å²) in [4.78, 5) is 28.4. The van der Waals surface area contributed by atoms with Crippen LogP contribution in [0.25, 0.3) is 10.2 Å². The van der Waals surface area contributed by atoms with E-state index < -0.39 is 11.7 Å². The van der Waals surface area contributed by atoms with Gasteiger partial charge in [-0.25, -0.2) is 4.79 Å². The van der Waals surface area contributed by atoms with Crippen LogP contribution in [0.4, 0.5) is 0 Å². The minimum atomic E-state index is -0.453. The van der Waals surface area contributed by atoms with Gasteiger partial charge in [0.05, 0.1) is 18.5 Å². The first-order chi connectivity index (χ1) is 10.5. The Morgan fingerprint density at radius 3 is 2.64 bits per heavy atom. The molecule has 2 rings (SSSR count). The molecule has 0 aliphatic carbocycles. The Bertz CT molecular complexity index is 883. The molecule has 2 aromatic heterocycles. The second-order valence-corrected chi connectivity index (χ2v) is 5.79. The van der Waals surface area contributed by atoms with Crippen LogP contribution in [-0.2, 0) is 0 Å². The lowest BCUT2D eigenvalue weighted by molar-refractivity contribution is 0.424. The molecule has 0 saturated heterocycles. The SMILES string of the molecule is C=C/C=C(\C=C)C(C)n1c(=O)[nH]c2sc(OC)c(C)c2c1=O. The molecular weight excluding hydrogens is 300 g/mol. The molecule has 0 fully saturated rings. The quantitative estimate of drug-likeness (QED) is 0.862. The molecule has 0 bridgehead atoms. The van der Waals surface area contributed by atoms with E-state index >= 15 is 0 Å². The predicted octanol–water partition coefficient (Wildman–Crippen LogP) is 2.93. The molecule has 0 aliphatic rings. The van der Waals surface area contributed by atoms with E-state index in [-0.39, 0.29) is 5.56 Å². The zero-order valence-electron chi connectivity index (χ0n) is 12.8. The highest BCUT2D eigenvalue weighted by Gasteiger charge is 2.20. The van der Waals surface area contributed by atoms with Gasteiger partial charge >= 0.3 is 5.69 Å². The zero-order chi connectivity index (χ0) is 16.4. The number of aromatic nitrogens is 2. The predicted molar refractivity (Wildman–Crippen MR) is 91.2 cm³/mol. The molecule has 0 spiro atoms. The number of methoxy groups -OCH3 is 1. The third-order valence-electron chi connectivity index (χ3n) is 3.58. The highest BCUT2D eigenvalue weighted by atomic mass is 32.1. The van der Waals surface area contributed by atoms with Crippen molar-refractivity contribution in [2.75, 3.05) is 7.11 Å². The summed E-state index contributed by atoms with van der Waals surface area (Å²) in [6, 6.07) is -0.443. The highest BCUT2D eigenvalue weighted by molar-refractivity contribution is 7.20. The molecule has 0 aromatic carbocycles. The fourth-order valence-corrected chi connectivity index (χ4v) is 3.42. The molecule has 6 heteroatoms. The molecule has 0 aliphatic heterocycles. The van der Waals surface area contributed by atoms with E-state index in [1.807, 2.05) is 0 Å². The molecule has 1 unspecified atom stereocenters. The number of aromatic amines is 1. The van der Waals surface area contributed by atoms with Crippen LogP contribution in [0.5, 0.6) is 5.06 Å². The summed E-state index contributed by atoms with van der Waals surface area (Å²) in [6.45, 7) is 10.9. The van der Waals surface area contributed by atoms with Gasteiger partial charge in [0.2, 0.25) is 0 Å². The van der Waals surface area contributed by atoms with E-state index in [0.29, 0.717) is 15.3 Å². The van der Waals surface area contributed by atoms with Gasteiger partial charge in [0.15, 0.2) is 5.06 Å². The van der Waals surface area contributed by atoms with E-state index in [1.165, 1.54) is 15.9 Å². The maximum Gasteiger partial charge on any atom is 0.330 e. The van der Waals surface area contributed by atoms with Crippen molar-refractivity contribution >= 4 is 21.6 Å². The number of fused-ring (bicyclic) bond motifs is 1. The maximum atomic E-state index is 12.8. The van der Waals surface area contributed by atoms with Crippen LogP contribution in [-0.4, -0.2) is 16.7 Å². The van der Waals surface area contributed by atoms with Crippen molar-refractivity contribution in [3.63, 3.8) is 0 Å². The average molecular weight is 318 g/mol. The summed E-state index contributed by atoms with van der Waals surface area (Å²) in [6.07, 6.45) is 4.95. The summed E-state index contributed by atoms with van der Waals surface area (Å²) < 4.78 is 6.43. The van der Waals surface area contributed by atoms with Crippen LogP contribution < -0.4 is 16.0 Å². The van der Waals surface area contributed by atoms with Crippen molar-refractivity contribution in [3.8, 4) is 5.06 Å². The van der Waals surface area contributed by atoms with Gasteiger partial charge in [0.25, 0.3) is 5.56 Å². The second-order valence-electron chi connectivity index (χ2n) is 4.81. The lowest BCUT2D eigenvalue weighted by Gasteiger charge is -2.15. The van der Waals surface area contributed by atoms with E-state index in [2.05, 4.69) is 18.1 Å². The summed E-state index contributed by atoms with van der Waals surface area (Å²) in [5.74, 6) is 0. The fraction of sp³-hybridized carbons (Fsp3) is 0.250. The molecule has 1 atom stereocenters. The molecule has 22 heavy (non-hydrogen) atoms. The largest absolute Gasteiger partial charge is 0.487 e. The molecule has 2 aromatic rings. The third kappa shape index (κ3) is 2.46. The minimum Gasteiger partial charge on any atom is -0.487 e. The molecule has 0 amide bonds. The van der Waals surface area contributed by atoms with Gasteiger partial charge in [-0.3, -0.25) is 14.3 Å². The van der Waals surface area contributed by atoms with Crippen LogP contribution in [0.3, 0.4) is 0 Å². The van der Waals surface area contributed by atoms with Crippen LogP contribution in [0.2, 0.25) is 0 Å². The maximum absolute atomic E-state index is 12.8. The number of hydrogen-bond donors (Lipinski definition) is 1. The molecule has 0 saturated carbocycles. The minimum absolute atomic E-state index is 0.333. The topological polar surface area (TPSA) is 64.1 Å². The van der Waals surface area contributed by atoms with Crippen molar-refractivity contribution in [2.45, 2.75) is 19.9 Å². The van der Waals surface area contributed by atoms with Gasteiger partial charge in [-0.15, -0.1) is 0 Å². The lowest BCUT2D eigenvalue weighted by atomic mass is 10.1. The number of nitrogens with zero attached hydrogens (tertiary/aromatic N) is 1. The van der Waals surface area contributed by atoms with Crippen LogP contribution >= 0.6 is 11.3 Å². The van der Waals surface area contributed by atoms with Gasteiger partial charge in [0.1, 0.15) is 4.83 Å². The Morgan fingerprint density at radius 1 is 1.41 bits per heavy atom. The monoisotopic (exact) mass is 318 g/mol. The van der Waals surface area contributed by atoms with Gasteiger partial charge in [-0.05, 0) is 19.4 Å². The van der Waals surface area contributed by atoms with E-state index in [0.717, 1.165) is 11.1 Å². The van der Waals surface area contributed by atoms with Gasteiger partial charge in [-0.2, -0.15) is 0 Å². The first-order valence-electron chi connectivity index (χ1n) is 6.73. The van der Waals surface area contributed by atoms with Gasteiger partial charge in [-0.1, -0.05) is 42.7 Å². The average Bonchev–Trinajstić information content (AvgIpc) is 2.80. The summed E-state index contributed by atoms with van der Waals surface area (Å²) in [5.41, 5.74) is 0.685. The molecule has 2 heterocycles. The fourth-order valence-electron chi connectivity index (χ4n) is 2.42. The van der Waals surface area contributed by atoms with Crippen molar-refractivity contribution in [3.05, 3.63) is 63.4 Å². The summed E-state index contributed by atoms with van der Waals surface area (Å²) in [5, 5.41) is 1.11. The Kier molecular flexibility index (Phi) is 4.51. The van der Waals surface area contributed by atoms with Crippen LogP contribution in [0.15, 0.2) is 46.5 Å². The van der Waals surface area contributed by atoms with Gasteiger partial charge < -0.3 is 4.74 Å². The Labute approximate surface area is 131 Å². The number of nitrogens with one attached hydrogen (secondary N) is 1. The molecule has 1 N–H and O–H groups in total. The Balaban J connectivity index is 2.80. The third-order valence-corrected chi connectivity index (χ3v) is 4.74. The number of ether oxygens (including phenoxy) is 1. The number of thiophene rings is 1. The first kappa shape index (κ1) is 16.0. The molecular formula is C16H18N2O3S.